The summed E-state index contributed by atoms with van der Waals surface area (Å²) in [6.07, 6.45) is 0. The van der Waals surface area contributed by atoms with Crippen molar-refractivity contribution in [1.82, 2.24) is 0 Å². The Morgan fingerprint density at radius 2 is 0.906 bits per heavy atom. The highest BCUT2D eigenvalue weighted by molar-refractivity contribution is 7.19. The van der Waals surface area contributed by atoms with E-state index in [2.05, 4.69) is 163 Å². The maximum absolute atomic E-state index is 6.66. The van der Waals surface area contributed by atoms with Crippen LogP contribution in [0.1, 0.15) is 0 Å². The van der Waals surface area contributed by atoms with Crippen molar-refractivity contribution in [1.29, 1.82) is 0 Å². The van der Waals surface area contributed by atoms with E-state index in [9.17, 15) is 0 Å². The standard InChI is InChI=1S/C50H28O2S/c1-2-11-29(12-3-1)41-28-53-50-38(41)24-26-44-49(50)40-22-21-30(27-45(40)52-44)46-34-13-4-6-15-36(34)47(37-16-7-5-14-35(37)46)32-18-10-19-33-31(32)23-25-43-48(33)39-17-8-9-20-42(39)51-43/h1-28H. The van der Waals surface area contributed by atoms with Gasteiger partial charge in [0, 0.05) is 37.2 Å². The van der Waals surface area contributed by atoms with Crippen molar-refractivity contribution in [2.45, 2.75) is 0 Å². The molecule has 2 nitrogen and oxygen atoms in total. The van der Waals surface area contributed by atoms with E-state index in [4.69, 9.17) is 8.83 Å². The van der Waals surface area contributed by atoms with Gasteiger partial charge in [-0.25, -0.2) is 0 Å². The highest BCUT2D eigenvalue weighted by Crippen LogP contribution is 2.48. The molecular weight excluding hydrogens is 665 g/mol. The Labute approximate surface area is 307 Å². The van der Waals surface area contributed by atoms with Crippen LogP contribution in [0.2, 0.25) is 0 Å². The zero-order valence-electron chi connectivity index (χ0n) is 28.4. The van der Waals surface area contributed by atoms with Gasteiger partial charge in [0.2, 0.25) is 0 Å². The molecule has 0 N–H and O–H groups in total. The molecule has 12 rings (SSSR count). The van der Waals surface area contributed by atoms with Crippen molar-refractivity contribution in [2.24, 2.45) is 0 Å². The predicted octanol–water partition coefficient (Wildman–Crippen LogP) is 15.2. The van der Waals surface area contributed by atoms with Gasteiger partial charge in [0.15, 0.2) is 0 Å². The van der Waals surface area contributed by atoms with Gasteiger partial charge >= 0.3 is 0 Å². The molecular formula is C50H28O2S. The molecule has 0 radical (unpaired) electrons. The van der Waals surface area contributed by atoms with Gasteiger partial charge in [0.25, 0.3) is 0 Å². The first-order valence-electron chi connectivity index (χ1n) is 18.0. The number of para-hydroxylation sites is 1. The van der Waals surface area contributed by atoms with Gasteiger partial charge in [-0.2, -0.15) is 0 Å². The van der Waals surface area contributed by atoms with Crippen LogP contribution in [0.5, 0.6) is 0 Å². The fourth-order valence-electron chi connectivity index (χ4n) is 8.88. The molecule has 0 bridgehead atoms. The van der Waals surface area contributed by atoms with Gasteiger partial charge in [-0.15, -0.1) is 11.3 Å². The lowest BCUT2D eigenvalue weighted by molar-refractivity contribution is 0.669. The number of benzene rings is 9. The monoisotopic (exact) mass is 692 g/mol. The Kier molecular flexibility index (Phi) is 5.96. The van der Waals surface area contributed by atoms with Crippen LogP contribution < -0.4 is 0 Å². The molecule has 0 saturated heterocycles. The molecule has 0 aliphatic rings. The van der Waals surface area contributed by atoms with Gasteiger partial charge < -0.3 is 8.83 Å². The maximum atomic E-state index is 6.66. The molecule has 0 unspecified atom stereocenters. The molecule has 3 heteroatoms. The van der Waals surface area contributed by atoms with Crippen LogP contribution in [0.3, 0.4) is 0 Å². The molecule has 246 valence electrons. The molecule has 53 heavy (non-hydrogen) atoms. The Bertz CT molecular complexity index is 3390. The third-order valence-corrected chi connectivity index (χ3v) is 12.2. The fraction of sp³-hybridized carbons (Fsp3) is 0. The molecule has 12 aromatic rings. The minimum Gasteiger partial charge on any atom is -0.456 e. The van der Waals surface area contributed by atoms with E-state index in [1.54, 1.807) is 11.3 Å². The first-order chi connectivity index (χ1) is 26.3. The molecule has 0 aliphatic carbocycles. The predicted molar refractivity (Wildman–Crippen MR) is 225 cm³/mol. The summed E-state index contributed by atoms with van der Waals surface area (Å²) in [5.74, 6) is 0. The molecule has 0 atom stereocenters. The van der Waals surface area contributed by atoms with Gasteiger partial charge in [-0.1, -0.05) is 127 Å². The highest BCUT2D eigenvalue weighted by atomic mass is 32.1. The van der Waals surface area contributed by atoms with Gasteiger partial charge in [0.05, 0.1) is 0 Å². The summed E-state index contributed by atoms with van der Waals surface area (Å²) in [6, 6.07) is 59.0. The largest absolute Gasteiger partial charge is 0.456 e. The van der Waals surface area contributed by atoms with Crippen molar-refractivity contribution in [3.63, 3.8) is 0 Å². The lowest BCUT2D eigenvalue weighted by Crippen LogP contribution is -1.91. The van der Waals surface area contributed by atoms with E-state index >= 15 is 0 Å². The second-order valence-electron chi connectivity index (χ2n) is 13.9. The van der Waals surface area contributed by atoms with Crippen LogP contribution in [-0.2, 0) is 0 Å². The number of thiophene rings is 1. The molecule has 0 aliphatic heterocycles. The highest BCUT2D eigenvalue weighted by Gasteiger charge is 2.21. The van der Waals surface area contributed by atoms with Crippen molar-refractivity contribution >= 4 is 97.6 Å². The molecule has 0 fully saturated rings. The summed E-state index contributed by atoms with van der Waals surface area (Å²) >= 11 is 1.80. The summed E-state index contributed by atoms with van der Waals surface area (Å²) in [7, 11) is 0. The van der Waals surface area contributed by atoms with Gasteiger partial charge in [0.1, 0.15) is 22.3 Å². The van der Waals surface area contributed by atoms with Crippen molar-refractivity contribution in [2.75, 3.05) is 0 Å². The van der Waals surface area contributed by atoms with Crippen molar-refractivity contribution < 1.29 is 8.83 Å². The number of furan rings is 2. The number of hydrogen-bond donors (Lipinski definition) is 0. The average molecular weight is 693 g/mol. The minimum absolute atomic E-state index is 0.905. The fourth-order valence-corrected chi connectivity index (χ4v) is 10.0. The van der Waals surface area contributed by atoms with E-state index in [0.717, 1.165) is 38.7 Å². The Balaban J connectivity index is 1.10. The van der Waals surface area contributed by atoms with E-state index in [0.29, 0.717) is 0 Å². The Morgan fingerprint density at radius 3 is 1.68 bits per heavy atom. The van der Waals surface area contributed by atoms with Crippen molar-refractivity contribution in [3.05, 3.63) is 169 Å². The summed E-state index contributed by atoms with van der Waals surface area (Å²) in [6.45, 7) is 0. The second-order valence-corrected chi connectivity index (χ2v) is 14.8. The summed E-state index contributed by atoms with van der Waals surface area (Å²) in [4.78, 5) is 0. The van der Waals surface area contributed by atoms with Gasteiger partial charge in [-0.3, -0.25) is 0 Å². The van der Waals surface area contributed by atoms with E-state index in [-0.39, 0.29) is 0 Å². The van der Waals surface area contributed by atoms with E-state index in [1.165, 1.54) is 81.0 Å². The SMILES string of the molecule is c1ccc(-c2csc3c2ccc2oc4cc(-c5c6ccccc6c(-c6cccc7c6ccc6oc8ccccc8c67)c6ccccc56)ccc4c23)cc1. The zero-order chi connectivity index (χ0) is 34.6. The quantitative estimate of drug-likeness (QED) is 0.172. The Hall–Kier alpha value is -6.68. The number of hydrogen-bond acceptors (Lipinski definition) is 3. The summed E-state index contributed by atoms with van der Waals surface area (Å²) in [5.41, 5.74) is 11.0. The normalized spacial score (nSPS) is 12.2. The molecule has 9 aromatic carbocycles. The van der Waals surface area contributed by atoms with Crippen LogP contribution in [0.4, 0.5) is 0 Å². The van der Waals surface area contributed by atoms with Crippen molar-refractivity contribution in [3.8, 4) is 33.4 Å². The summed E-state index contributed by atoms with van der Waals surface area (Å²) in [5, 5.41) is 15.5. The van der Waals surface area contributed by atoms with E-state index in [1.807, 2.05) is 6.07 Å². The van der Waals surface area contributed by atoms with Gasteiger partial charge in [-0.05, 0) is 102 Å². The lowest BCUT2D eigenvalue weighted by Gasteiger charge is -2.19. The van der Waals surface area contributed by atoms with E-state index < -0.39 is 0 Å². The average Bonchev–Trinajstić information content (AvgIpc) is 3.93. The first kappa shape index (κ1) is 29.0. The summed E-state index contributed by atoms with van der Waals surface area (Å²) < 4.78 is 14.2. The first-order valence-corrected chi connectivity index (χ1v) is 18.9. The molecule has 0 saturated carbocycles. The van der Waals surface area contributed by atoms with Crippen LogP contribution in [0.15, 0.2) is 178 Å². The minimum atomic E-state index is 0.905. The second kappa shape index (κ2) is 10.9. The maximum Gasteiger partial charge on any atom is 0.136 e. The van der Waals surface area contributed by atoms with Crippen LogP contribution in [-0.4, -0.2) is 0 Å². The molecule has 0 spiro atoms. The van der Waals surface area contributed by atoms with Crippen LogP contribution >= 0.6 is 11.3 Å². The topological polar surface area (TPSA) is 26.3 Å². The Morgan fingerprint density at radius 1 is 0.321 bits per heavy atom. The molecule has 0 amide bonds. The smallest absolute Gasteiger partial charge is 0.136 e. The lowest BCUT2D eigenvalue weighted by atomic mass is 9.84. The third-order valence-electron chi connectivity index (χ3n) is 11.1. The third kappa shape index (κ3) is 4.08. The number of rotatable bonds is 3. The zero-order valence-corrected chi connectivity index (χ0v) is 29.2. The number of fused-ring (bicyclic) bond motifs is 12. The molecule has 3 aromatic heterocycles. The molecule has 3 heterocycles. The van der Waals surface area contributed by atoms with Crippen LogP contribution in [0.25, 0.3) is 120 Å². The van der Waals surface area contributed by atoms with Crippen LogP contribution in [0, 0.1) is 0 Å².